The molecule has 0 saturated heterocycles. The number of aryl methyl sites for hydroxylation is 1. The lowest BCUT2D eigenvalue weighted by Crippen LogP contribution is -2.34. The van der Waals surface area contributed by atoms with Crippen LogP contribution in [0.15, 0.2) is 95.8 Å². The molecule has 0 saturated carbocycles. The molecule has 0 aliphatic heterocycles. The van der Waals surface area contributed by atoms with Gasteiger partial charge in [-0.05, 0) is 45.3 Å². The number of benzene rings is 4. The zero-order valence-corrected chi connectivity index (χ0v) is 18.2. The molecule has 0 amide bonds. The zero-order valence-electron chi connectivity index (χ0n) is 18.2. The minimum Gasteiger partial charge on any atom is -0.315 e. The van der Waals surface area contributed by atoms with Gasteiger partial charge in [-0.25, -0.2) is 4.79 Å². The van der Waals surface area contributed by atoms with Gasteiger partial charge in [0.2, 0.25) is 0 Å². The lowest BCUT2D eigenvalue weighted by Gasteiger charge is -2.13. The van der Waals surface area contributed by atoms with Crippen LogP contribution in [0.3, 0.4) is 0 Å². The zero-order chi connectivity index (χ0) is 22.8. The normalized spacial score (nSPS) is 11.1. The van der Waals surface area contributed by atoms with E-state index in [9.17, 15) is 9.59 Å². The highest BCUT2D eigenvalue weighted by molar-refractivity contribution is 5.89. The van der Waals surface area contributed by atoms with Crippen molar-refractivity contribution in [1.29, 1.82) is 0 Å². The van der Waals surface area contributed by atoms with Crippen molar-refractivity contribution in [2.45, 2.75) is 19.8 Å². The Morgan fingerprint density at radius 2 is 1.55 bits per heavy atom. The summed E-state index contributed by atoms with van der Waals surface area (Å²) in [7, 11) is 0. The molecule has 0 unspecified atom stereocenters. The van der Waals surface area contributed by atoms with Crippen molar-refractivity contribution >= 4 is 27.5 Å². The summed E-state index contributed by atoms with van der Waals surface area (Å²) in [4.78, 5) is 31.9. The van der Waals surface area contributed by atoms with E-state index < -0.39 is 11.5 Å². The second-order valence-corrected chi connectivity index (χ2v) is 8.06. The second-order valence-electron chi connectivity index (χ2n) is 8.06. The largest absolute Gasteiger partial charge is 0.339 e. The van der Waals surface area contributed by atoms with Crippen molar-refractivity contribution in [1.82, 2.24) is 9.94 Å². The van der Waals surface area contributed by atoms with Crippen LogP contribution in [0.5, 0.6) is 0 Å². The van der Waals surface area contributed by atoms with Crippen molar-refractivity contribution in [3.8, 4) is 0 Å². The highest BCUT2D eigenvalue weighted by atomic mass is 16.7. The fourth-order valence-corrected chi connectivity index (χ4v) is 4.24. The Hall–Kier alpha value is -4.25. The third-order valence-electron chi connectivity index (χ3n) is 5.79. The van der Waals surface area contributed by atoms with E-state index in [2.05, 4.69) is 29.4 Å². The fourth-order valence-electron chi connectivity index (χ4n) is 4.24. The second kappa shape index (κ2) is 8.71. The number of carbonyl (C=O) groups excluding carboxylic acids is 1. The van der Waals surface area contributed by atoms with Crippen LogP contribution < -0.4 is 10.4 Å². The van der Waals surface area contributed by atoms with E-state index >= 15 is 0 Å². The van der Waals surface area contributed by atoms with Gasteiger partial charge in [0.05, 0.1) is 17.5 Å². The first-order valence-corrected chi connectivity index (χ1v) is 10.8. The number of rotatable bonds is 5. The monoisotopic (exact) mass is 434 g/mol. The third-order valence-corrected chi connectivity index (χ3v) is 5.79. The van der Waals surface area contributed by atoms with Crippen LogP contribution in [0.2, 0.25) is 0 Å². The topological polar surface area (TPSA) is 61.2 Å². The van der Waals surface area contributed by atoms with Gasteiger partial charge in [0, 0.05) is 11.8 Å². The van der Waals surface area contributed by atoms with E-state index in [1.165, 1.54) is 0 Å². The molecule has 0 bridgehead atoms. The average molecular weight is 434 g/mol. The lowest BCUT2D eigenvalue weighted by atomic mass is 9.97. The van der Waals surface area contributed by atoms with Crippen molar-refractivity contribution in [3.05, 3.63) is 124 Å². The van der Waals surface area contributed by atoms with Crippen LogP contribution >= 0.6 is 0 Å². The summed E-state index contributed by atoms with van der Waals surface area (Å²) in [6.07, 6.45) is 0.554. The standard InChI is InChI=1S/C28H22N2O3/c1-19-9-7-16-24-27(19)25(18-22-14-8-13-21-12-5-6-15-23(21)22)29-30(28(24)32)33-26(31)17-20-10-3-2-4-11-20/h2-16H,17-18H2,1H3. The molecular weight excluding hydrogens is 412 g/mol. The minimum absolute atomic E-state index is 0.0550. The number of aromatic nitrogens is 2. The highest BCUT2D eigenvalue weighted by Gasteiger charge is 2.17. The predicted molar refractivity (Wildman–Crippen MR) is 129 cm³/mol. The fraction of sp³-hybridized carbons (Fsp3) is 0.107. The van der Waals surface area contributed by atoms with Crippen LogP contribution in [-0.2, 0) is 17.6 Å². The predicted octanol–water partition coefficient (Wildman–Crippen LogP) is 4.65. The van der Waals surface area contributed by atoms with Gasteiger partial charge in [-0.3, -0.25) is 4.79 Å². The van der Waals surface area contributed by atoms with E-state index in [0.29, 0.717) is 17.5 Å². The first-order valence-electron chi connectivity index (χ1n) is 10.8. The van der Waals surface area contributed by atoms with Crippen molar-refractivity contribution in [3.63, 3.8) is 0 Å². The summed E-state index contributed by atoms with van der Waals surface area (Å²) in [5.41, 5.74) is 3.09. The number of hydrogen-bond donors (Lipinski definition) is 0. The Labute approximate surface area is 190 Å². The molecule has 0 aliphatic rings. The quantitative estimate of drug-likeness (QED) is 0.404. The Kier molecular flexibility index (Phi) is 5.45. The molecule has 162 valence electrons. The van der Waals surface area contributed by atoms with Gasteiger partial charge in [-0.15, -0.1) is 5.10 Å². The van der Waals surface area contributed by atoms with E-state index in [4.69, 9.17) is 4.84 Å². The first kappa shape index (κ1) is 20.6. The Bertz CT molecular complexity index is 1530. The van der Waals surface area contributed by atoms with Gasteiger partial charge in [0.25, 0.3) is 0 Å². The maximum absolute atomic E-state index is 13.1. The summed E-state index contributed by atoms with van der Waals surface area (Å²) < 4.78 is 0. The van der Waals surface area contributed by atoms with Crippen LogP contribution in [0.4, 0.5) is 0 Å². The highest BCUT2D eigenvalue weighted by Crippen LogP contribution is 2.25. The molecular formula is C28H22N2O3. The molecule has 0 radical (unpaired) electrons. The van der Waals surface area contributed by atoms with E-state index in [1.807, 2.05) is 67.6 Å². The average Bonchev–Trinajstić information content (AvgIpc) is 2.83. The molecule has 0 N–H and O–H groups in total. The number of nitrogens with zero attached hydrogens (tertiary/aromatic N) is 2. The molecule has 0 fully saturated rings. The number of hydrogen-bond acceptors (Lipinski definition) is 4. The summed E-state index contributed by atoms with van der Waals surface area (Å²) >= 11 is 0. The Morgan fingerprint density at radius 3 is 2.39 bits per heavy atom. The molecule has 33 heavy (non-hydrogen) atoms. The Morgan fingerprint density at radius 1 is 0.848 bits per heavy atom. The molecule has 5 nitrogen and oxygen atoms in total. The van der Waals surface area contributed by atoms with E-state index in [0.717, 1.165) is 37.7 Å². The van der Waals surface area contributed by atoms with Gasteiger partial charge in [-0.2, -0.15) is 0 Å². The summed E-state index contributed by atoms with van der Waals surface area (Å²) in [5, 5.41) is 8.05. The summed E-state index contributed by atoms with van der Waals surface area (Å²) in [5.74, 6) is -0.543. The molecule has 5 aromatic rings. The van der Waals surface area contributed by atoms with Crippen LogP contribution in [-0.4, -0.2) is 15.9 Å². The van der Waals surface area contributed by atoms with Gasteiger partial charge >= 0.3 is 11.5 Å². The van der Waals surface area contributed by atoms with Gasteiger partial charge in [0.15, 0.2) is 0 Å². The van der Waals surface area contributed by atoms with Gasteiger partial charge in [-0.1, -0.05) is 84.9 Å². The maximum Gasteiger partial charge on any atom is 0.339 e. The molecule has 5 heteroatoms. The molecule has 0 aliphatic carbocycles. The van der Waals surface area contributed by atoms with Crippen molar-refractivity contribution in [2.24, 2.45) is 0 Å². The molecule has 5 rings (SSSR count). The van der Waals surface area contributed by atoms with Gasteiger partial charge in [0.1, 0.15) is 0 Å². The van der Waals surface area contributed by atoms with Crippen LogP contribution in [0.25, 0.3) is 21.5 Å². The smallest absolute Gasteiger partial charge is 0.315 e. The SMILES string of the molecule is Cc1cccc2c(=O)n(OC(=O)Cc3ccccc3)nc(Cc3cccc4ccccc34)c12. The maximum atomic E-state index is 13.1. The molecule has 1 heterocycles. The van der Waals surface area contributed by atoms with Gasteiger partial charge < -0.3 is 4.84 Å². The molecule has 0 atom stereocenters. The number of carbonyl (C=O) groups is 1. The van der Waals surface area contributed by atoms with E-state index in [1.54, 1.807) is 6.07 Å². The van der Waals surface area contributed by atoms with Crippen LogP contribution in [0.1, 0.15) is 22.4 Å². The summed E-state index contributed by atoms with van der Waals surface area (Å²) in [6, 6.07) is 29.1. The molecule has 1 aromatic heterocycles. The van der Waals surface area contributed by atoms with E-state index in [-0.39, 0.29) is 6.42 Å². The van der Waals surface area contributed by atoms with Crippen LogP contribution in [0, 0.1) is 6.92 Å². The summed E-state index contributed by atoms with van der Waals surface area (Å²) in [6.45, 7) is 1.96. The third kappa shape index (κ3) is 4.13. The Balaban J connectivity index is 1.58. The molecule has 0 spiro atoms. The lowest BCUT2D eigenvalue weighted by molar-refractivity contribution is -0.145. The van der Waals surface area contributed by atoms with Crippen molar-refractivity contribution < 1.29 is 9.63 Å². The first-order chi connectivity index (χ1) is 16.1. The molecule has 4 aromatic carbocycles. The number of fused-ring (bicyclic) bond motifs is 2. The minimum atomic E-state index is -0.543. The van der Waals surface area contributed by atoms with Crippen molar-refractivity contribution in [2.75, 3.05) is 0 Å².